The van der Waals surface area contributed by atoms with E-state index in [2.05, 4.69) is 22.0 Å². The van der Waals surface area contributed by atoms with E-state index in [4.69, 9.17) is 0 Å². The molecule has 2 aromatic rings. The highest BCUT2D eigenvalue weighted by Gasteiger charge is 2.36. The fraction of sp³-hybridized carbons (Fsp3) is 0.350. The van der Waals surface area contributed by atoms with Crippen molar-refractivity contribution in [1.82, 2.24) is 10.6 Å². The molecular formula is C20H22FN3O3S. The van der Waals surface area contributed by atoms with Crippen LogP contribution in [0.2, 0.25) is 0 Å². The Bertz CT molecular complexity index is 848. The number of thiophene rings is 1. The van der Waals surface area contributed by atoms with Gasteiger partial charge in [-0.25, -0.2) is 4.39 Å². The highest BCUT2D eigenvalue weighted by molar-refractivity contribution is 7.10. The summed E-state index contributed by atoms with van der Waals surface area (Å²) < 4.78 is 13.5. The molecule has 1 aliphatic carbocycles. The SMILES string of the molecule is O=C(CNC(=O)C(=O)Nc1ccccc1F)NCC1(c2cccs2)CCCC1. The van der Waals surface area contributed by atoms with E-state index in [9.17, 15) is 18.8 Å². The monoisotopic (exact) mass is 403 g/mol. The second kappa shape index (κ2) is 8.97. The Kier molecular flexibility index (Phi) is 6.41. The van der Waals surface area contributed by atoms with Gasteiger partial charge in [0.2, 0.25) is 5.91 Å². The molecule has 28 heavy (non-hydrogen) atoms. The van der Waals surface area contributed by atoms with Gasteiger partial charge in [-0.15, -0.1) is 11.3 Å². The molecule has 0 bridgehead atoms. The minimum atomic E-state index is -1.02. The zero-order valence-corrected chi connectivity index (χ0v) is 16.1. The van der Waals surface area contributed by atoms with Crippen LogP contribution in [0, 0.1) is 5.82 Å². The molecule has 8 heteroatoms. The lowest BCUT2D eigenvalue weighted by Crippen LogP contribution is -2.45. The van der Waals surface area contributed by atoms with Crippen molar-refractivity contribution < 1.29 is 18.8 Å². The van der Waals surface area contributed by atoms with E-state index in [0.29, 0.717) is 6.54 Å². The standard InChI is InChI=1S/C20H22FN3O3S/c21-14-6-1-2-7-15(14)24-19(27)18(26)22-12-17(25)23-13-20(9-3-4-10-20)16-8-5-11-28-16/h1-2,5-8,11H,3-4,9-10,12-13H2,(H,22,26)(H,23,25)(H,24,27). The summed E-state index contributed by atoms with van der Waals surface area (Å²) in [5, 5.41) is 9.34. The van der Waals surface area contributed by atoms with Gasteiger partial charge in [0.1, 0.15) is 5.82 Å². The van der Waals surface area contributed by atoms with E-state index in [0.717, 1.165) is 25.7 Å². The first-order chi connectivity index (χ1) is 13.5. The average Bonchev–Trinajstić information content (AvgIpc) is 3.38. The van der Waals surface area contributed by atoms with Crippen LogP contribution in [0.25, 0.3) is 0 Å². The molecule has 0 radical (unpaired) electrons. The third-order valence-corrected chi connectivity index (χ3v) is 6.08. The van der Waals surface area contributed by atoms with E-state index >= 15 is 0 Å². The van der Waals surface area contributed by atoms with Gasteiger partial charge >= 0.3 is 11.8 Å². The van der Waals surface area contributed by atoms with Crippen molar-refractivity contribution in [3.8, 4) is 0 Å². The summed E-state index contributed by atoms with van der Waals surface area (Å²) in [4.78, 5) is 37.1. The Morgan fingerprint density at radius 3 is 2.43 bits per heavy atom. The Morgan fingerprint density at radius 1 is 1.00 bits per heavy atom. The number of halogens is 1. The zero-order chi connectivity index (χ0) is 20.0. The molecule has 3 rings (SSSR count). The van der Waals surface area contributed by atoms with Gasteiger partial charge in [-0.2, -0.15) is 0 Å². The molecule has 0 saturated heterocycles. The molecule has 1 saturated carbocycles. The second-order valence-electron chi connectivity index (χ2n) is 6.86. The van der Waals surface area contributed by atoms with Gasteiger partial charge < -0.3 is 16.0 Å². The fourth-order valence-electron chi connectivity index (χ4n) is 3.46. The summed E-state index contributed by atoms with van der Waals surface area (Å²) in [6.45, 7) is 0.188. The maximum Gasteiger partial charge on any atom is 0.313 e. The molecule has 1 aromatic carbocycles. The number of rotatable bonds is 6. The Labute approximate surface area is 166 Å². The highest BCUT2D eigenvalue weighted by atomic mass is 32.1. The quantitative estimate of drug-likeness (QED) is 0.648. The summed E-state index contributed by atoms with van der Waals surface area (Å²) in [7, 11) is 0. The average molecular weight is 403 g/mol. The Hall–Kier alpha value is -2.74. The van der Waals surface area contributed by atoms with Crippen LogP contribution in [0.15, 0.2) is 41.8 Å². The number of hydrogen-bond acceptors (Lipinski definition) is 4. The molecule has 1 aromatic heterocycles. The molecule has 0 spiro atoms. The van der Waals surface area contributed by atoms with Crippen LogP contribution >= 0.6 is 11.3 Å². The number of carbonyl (C=O) groups excluding carboxylic acids is 3. The lowest BCUT2D eigenvalue weighted by molar-refractivity contribution is -0.136. The van der Waals surface area contributed by atoms with Gasteiger partial charge in [0.05, 0.1) is 12.2 Å². The van der Waals surface area contributed by atoms with Crippen LogP contribution in [0.5, 0.6) is 0 Å². The van der Waals surface area contributed by atoms with Gasteiger partial charge in [0, 0.05) is 16.8 Å². The number of benzene rings is 1. The maximum atomic E-state index is 13.5. The maximum absolute atomic E-state index is 13.5. The van der Waals surface area contributed by atoms with Gasteiger partial charge in [-0.3, -0.25) is 14.4 Å². The van der Waals surface area contributed by atoms with E-state index < -0.39 is 17.6 Å². The largest absolute Gasteiger partial charge is 0.354 e. The number of amides is 3. The molecule has 1 heterocycles. The van der Waals surface area contributed by atoms with E-state index in [1.807, 2.05) is 11.4 Å². The predicted octanol–water partition coefficient (Wildman–Crippen LogP) is 2.57. The Morgan fingerprint density at radius 2 is 1.75 bits per heavy atom. The van der Waals surface area contributed by atoms with Gasteiger partial charge in [0.25, 0.3) is 0 Å². The fourth-order valence-corrected chi connectivity index (χ4v) is 4.44. The molecule has 3 amide bonds. The van der Waals surface area contributed by atoms with Crippen molar-refractivity contribution in [2.75, 3.05) is 18.4 Å². The molecule has 0 atom stereocenters. The number of nitrogens with one attached hydrogen (secondary N) is 3. The summed E-state index contributed by atoms with van der Waals surface area (Å²) in [6, 6.07) is 9.64. The molecule has 3 N–H and O–H groups in total. The Balaban J connectivity index is 1.47. The third-order valence-electron chi connectivity index (χ3n) is 4.97. The van der Waals surface area contributed by atoms with Gasteiger partial charge in [-0.05, 0) is 36.4 Å². The van der Waals surface area contributed by atoms with Crippen LogP contribution in [0.4, 0.5) is 10.1 Å². The van der Waals surface area contributed by atoms with E-state index in [1.165, 1.54) is 29.1 Å². The first-order valence-corrected chi connectivity index (χ1v) is 10.0. The van der Waals surface area contributed by atoms with Crippen molar-refractivity contribution >= 4 is 34.7 Å². The second-order valence-corrected chi connectivity index (χ2v) is 7.81. The van der Waals surface area contributed by atoms with Gasteiger partial charge in [0.15, 0.2) is 0 Å². The lowest BCUT2D eigenvalue weighted by Gasteiger charge is -2.28. The molecular weight excluding hydrogens is 381 g/mol. The number of carbonyl (C=O) groups is 3. The molecule has 0 aliphatic heterocycles. The smallest absolute Gasteiger partial charge is 0.313 e. The third kappa shape index (κ3) is 4.75. The first-order valence-electron chi connectivity index (χ1n) is 9.15. The van der Waals surface area contributed by atoms with Crippen molar-refractivity contribution in [1.29, 1.82) is 0 Å². The number of para-hydroxylation sites is 1. The summed E-state index contributed by atoms with van der Waals surface area (Å²) in [6.07, 6.45) is 4.29. The highest BCUT2D eigenvalue weighted by Crippen LogP contribution is 2.42. The van der Waals surface area contributed by atoms with Crippen LogP contribution in [0.3, 0.4) is 0 Å². The van der Waals surface area contributed by atoms with Crippen molar-refractivity contribution in [2.45, 2.75) is 31.1 Å². The van der Waals surface area contributed by atoms with Crippen LogP contribution in [-0.4, -0.2) is 30.8 Å². The molecule has 1 aliphatic rings. The number of anilines is 1. The summed E-state index contributed by atoms with van der Waals surface area (Å²) >= 11 is 1.69. The number of hydrogen-bond donors (Lipinski definition) is 3. The molecule has 0 unspecified atom stereocenters. The van der Waals surface area contributed by atoms with Crippen LogP contribution < -0.4 is 16.0 Å². The zero-order valence-electron chi connectivity index (χ0n) is 15.3. The molecule has 1 fully saturated rings. The normalized spacial score (nSPS) is 15.0. The van der Waals surface area contributed by atoms with Gasteiger partial charge in [-0.1, -0.05) is 31.0 Å². The minimum Gasteiger partial charge on any atom is -0.354 e. The topological polar surface area (TPSA) is 87.3 Å². The molecule has 6 nitrogen and oxygen atoms in total. The van der Waals surface area contributed by atoms with E-state index in [-0.39, 0.29) is 23.6 Å². The first kappa shape index (κ1) is 20.0. The van der Waals surface area contributed by atoms with Crippen molar-refractivity contribution in [2.24, 2.45) is 0 Å². The van der Waals surface area contributed by atoms with Crippen molar-refractivity contribution in [3.05, 3.63) is 52.5 Å². The van der Waals surface area contributed by atoms with Crippen molar-refractivity contribution in [3.63, 3.8) is 0 Å². The molecule has 148 valence electrons. The van der Waals surface area contributed by atoms with Crippen LogP contribution in [0.1, 0.15) is 30.6 Å². The van der Waals surface area contributed by atoms with E-state index in [1.54, 1.807) is 11.3 Å². The predicted molar refractivity (Wildman–Crippen MR) is 106 cm³/mol. The van der Waals surface area contributed by atoms with Crippen LogP contribution in [-0.2, 0) is 19.8 Å². The minimum absolute atomic E-state index is 0.0456. The summed E-state index contributed by atoms with van der Waals surface area (Å²) in [5.74, 6) is -3.03. The summed E-state index contributed by atoms with van der Waals surface area (Å²) in [5.41, 5.74) is -0.137. The lowest BCUT2D eigenvalue weighted by atomic mass is 9.84.